The number of piperazine rings is 1. The normalized spacial score (nSPS) is 19.2. The molecule has 3 heterocycles. The number of carbonyl (C=O) groups excluding carboxylic acids is 1. The Labute approximate surface area is 179 Å². The number of nitrogens with zero attached hydrogens (tertiary/aromatic N) is 5. The first-order chi connectivity index (χ1) is 13.8. The van der Waals surface area contributed by atoms with Gasteiger partial charge >= 0.3 is 0 Å². The molecule has 0 spiro atoms. The molecule has 7 nitrogen and oxygen atoms in total. The fourth-order valence-electron chi connectivity index (χ4n) is 3.53. The molecule has 1 amide bonds. The molecular formula is C20H23N5O2S2. The lowest BCUT2D eigenvalue weighted by Crippen LogP contribution is -2.46. The molecule has 3 rings (SSSR count). The van der Waals surface area contributed by atoms with Crippen molar-refractivity contribution in [2.45, 2.75) is 6.92 Å². The van der Waals surface area contributed by atoms with Gasteiger partial charge in [0.15, 0.2) is 0 Å². The van der Waals surface area contributed by atoms with Gasteiger partial charge in [-0.25, -0.2) is 0 Å². The molecule has 0 atom stereocenters. The van der Waals surface area contributed by atoms with Crippen molar-refractivity contribution in [2.24, 2.45) is 7.05 Å². The molecule has 152 valence electrons. The number of thioether (sulfide) groups is 1. The Bertz CT molecular complexity index is 1010. The fourth-order valence-corrected chi connectivity index (χ4v) is 4.79. The maximum Gasteiger partial charge on any atom is 0.270 e. The number of thiocarbonyl (C=S) groups is 1. The maximum absolute atomic E-state index is 12.8. The van der Waals surface area contributed by atoms with Crippen molar-refractivity contribution in [3.8, 4) is 6.07 Å². The van der Waals surface area contributed by atoms with Gasteiger partial charge in [0, 0.05) is 45.3 Å². The number of anilines is 1. The summed E-state index contributed by atoms with van der Waals surface area (Å²) in [7, 11) is 3.74. The molecule has 0 aromatic carbocycles. The highest BCUT2D eigenvalue weighted by Gasteiger charge is 2.32. The van der Waals surface area contributed by atoms with E-state index in [1.54, 1.807) is 26.1 Å². The number of hydrogen-bond acceptors (Lipinski definition) is 7. The standard InChI is InChI=1S/C20H23N5O2S2/c1-5-6-25-19(27)16(29-20(25)28)11-14-13(2)15(12-21)18(26)23(4)17(14)24-9-7-22(3)8-10-24/h5,11H,1,6-10H2,2-4H3/b16-11-. The van der Waals surface area contributed by atoms with Gasteiger partial charge in [-0.05, 0) is 25.6 Å². The number of amides is 1. The van der Waals surface area contributed by atoms with Gasteiger partial charge < -0.3 is 9.80 Å². The van der Waals surface area contributed by atoms with Gasteiger partial charge in [0.1, 0.15) is 21.8 Å². The van der Waals surface area contributed by atoms with Crippen molar-refractivity contribution in [1.82, 2.24) is 14.4 Å². The maximum atomic E-state index is 12.8. The molecular weight excluding hydrogens is 406 g/mol. The van der Waals surface area contributed by atoms with Crippen molar-refractivity contribution in [1.29, 1.82) is 5.26 Å². The smallest absolute Gasteiger partial charge is 0.270 e. The lowest BCUT2D eigenvalue weighted by atomic mass is 10.0. The second kappa shape index (κ2) is 8.53. The molecule has 2 aliphatic rings. The summed E-state index contributed by atoms with van der Waals surface area (Å²) in [5.74, 6) is 0.546. The van der Waals surface area contributed by atoms with E-state index >= 15 is 0 Å². The highest BCUT2D eigenvalue weighted by molar-refractivity contribution is 8.26. The lowest BCUT2D eigenvalue weighted by Gasteiger charge is -2.36. The summed E-state index contributed by atoms with van der Waals surface area (Å²) in [5.41, 5.74) is 1.07. The summed E-state index contributed by atoms with van der Waals surface area (Å²) < 4.78 is 2.00. The molecule has 2 aliphatic heterocycles. The number of aromatic nitrogens is 1. The summed E-state index contributed by atoms with van der Waals surface area (Å²) in [6.07, 6.45) is 3.40. The number of carbonyl (C=O) groups is 1. The zero-order chi connectivity index (χ0) is 21.3. The second-order valence-electron chi connectivity index (χ2n) is 7.08. The Hall–Kier alpha value is -2.41. The van der Waals surface area contributed by atoms with Crippen molar-refractivity contribution in [3.63, 3.8) is 0 Å². The van der Waals surface area contributed by atoms with Gasteiger partial charge in [-0.3, -0.25) is 19.1 Å². The summed E-state index contributed by atoms with van der Waals surface area (Å²) in [6.45, 7) is 9.04. The minimum absolute atomic E-state index is 0.0956. The van der Waals surface area contributed by atoms with Crippen LogP contribution >= 0.6 is 24.0 Å². The van der Waals surface area contributed by atoms with E-state index in [1.165, 1.54) is 21.2 Å². The molecule has 0 radical (unpaired) electrons. The van der Waals surface area contributed by atoms with Crippen molar-refractivity contribution < 1.29 is 4.79 Å². The van der Waals surface area contributed by atoms with E-state index in [0.29, 0.717) is 26.9 Å². The minimum atomic E-state index is -0.324. The Kier molecular flexibility index (Phi) is 6.27. The number of likely N-dealkylation sites (N-methyl/N-ethyl adjacent to an activating group) is 1. The Morgan fingerprint density at radius 3 is 2.48 bits per heavy atom. The van der Waals surface area contributed by atoms with Crippen LogP contribution in [0.15, 0.2) is 22.4 Å². The highest BCUT2D eigenvalue weighted by Crippen LogP contribution is 2.35. The first-order valence-corrected chi connectivity index (χ1v) is 10.5. The number of rotatable bonds is 4. The third-order valence-electron chi connectivity index (χ3n) is 5.23. The van der Waals surface area contributed by atoms with Gasteiger partial charge in [0.2, 0.25) is 0 Å². The molecule has 0 bridgehead atoms. The van der Waals surface area contributed by atoms with Crippen LogP contribution in [0, 0.1) is 18.3 Å². The zero-order valence-electron chi connectivity index (χ0n) is 16.8. The topological polar surface area (TPSA) is 72.6 Å². The van der Waals surface area contributed by atoms with Crippen LogP contribution < -0.4 is 10.5 Å². The third-order valence-corrected chi connectivity index (χ3v) is 6.61. The first kappa shape index (κ1) is 21.3. The van der Waals surface area contributed by atoms with Crippen LogP contribution in [0.3, 0.4) is 0 Å². The van der Waals surface area contributed by atoms with E-state index in [1.807, 2.05) is 6.07 Å². The molecule has 9 heteroatoms. The van der Waals surface area contributed by atoms with Crippen LogP contribution in [0.4, 0.5) is 5.82 Å². The first-order valence-electron chi connectivity index (χ1n) is 9.23. The minimum Gasteiger partial charge on any atom is -0.355 e. The fraction of sp³-hybridized carbons (Fsp3) is 0.400. The number of hydrogen-bond donors (Lipinski definition) is 0. The van der Waals surface area contributed by atoms with Crippen LogP contribution in [0.1, 0.15) is 16.7 Å². The molecule has 0 aliphatic carbocycles. The van der Waals surface area contributed by atoms with Crippen molar-refractivity contribution in [3.05, 3.63) is 44.6 Å². The van der Waals surface area contributed by atoms with Crippen LogP contribution in [0.5, 0.6) is 0 Å². The molecule has 0 saturated carbocycles. The van der Waals surface area contributed by atoms with Crippen LogP contribution in [0.2, 0.25) is 0 Å². The van der Waals surface area contributed by atoms with Gasteiger partial charge in [0.05, 0.1) is 4.91 Å². The molecule has 2 fully saturated rings. The van der Waals surface area contributed by atoms with E-state index < -0.39 is 0 Å². The highest BCUT2D eigenvalue weighted by atomic mass is 32.2. The zero-order valence-corrected chi connectivity index (χ0v) is 18.4. The Balaban J connectivity index is 2.17. The summed E-state index contributed by atoms with van der Waals surface area (Å²) in [6, 6.07) is 2.03. The van der Waals surface area contributed by atoms with Gasteiger partial charge in [-0.15, -0.1) is 6.58 Å². The summed E-state index contributed by atoms with van der Waals surface area (Å²) in [5, 5.41) is 9.53. The third kappa shape index (κ3) is 3.88. The molecule has 2 saturated heterocycles. The Morgan fingerprint density at radius 2 is 1.90 bits per heavy atom. The van der Waals surface area contributed by atoms with Gasteiger partial charge in [0.25, 0.3) is 11.5 Å². The van der Waals surface area contributed by atoms with E-state index in [2.05, 4.69) is 23.4 Å². The van der Waals surface area contributed by atoms with Crippen molar-refractivity contribution in [2.75, 3.05) is 44.7 Å². The molecule has 1 aromatic rings. The molecule has 1 aromatic heterocycles. The van der Waals surface area contributed by atoms with E-state index in [-0.39, 0.29) is 17.0 Å². The van der Waals surface area contributed by atoms with Crippen LogP contribution in [0.25, 0.3) is 6.08 Å². The van der Waals surface area contributed by atoms with E-state index in [9.17, 15) is 14.9 Å². The average Bonchev–Trinajstić information content (AvgIpc) is 2.95. The summed E-state index contributed by atoms with van der Waals surface area (Å²) >= 11 is 6.56. The van der Waals surface area contributed by atoms with Crippen molar-refractivity contribution >= 4 is 46.1 Å². The predicted molar refractivity (Wildman–Crippen MR) is 121 cm³/mol. The van der Waals surface area contributed by atoms with Crippen LogP contribution in [-0.4, -0.2) is 64.4 Å². The lowest BCUT2D eigenvalue weighted by molar-refractivity contribution is -0.121. The monoisotopic (exact) mass is 429 g/mol. The number of pyridine rings is 1. The molecule has 29 heavy (non-hydrogen) atoms. The van der Waals surface area contributed by atoms with Gasteiger partial charge in [-0.2, -0.15) is 5.26 Å². The van der Waals surface area contributed by atoms with E-state index in [0.717, 1.165) is 32.0 Å². The molecule has 0 N–H and O–H groups in total. The summed E-state index contributed by atoms with van der Waals surface area (Å²) in [4.78, 5) is 31.9. The predicted octanol–water partition coefficient (Wildman–Crippen LogP) is 1.70. The number of nitriles is 1. The largest absolute Gasteiger partial charge is 0.355 e. The quantitative estimate of drug-likeness (QED) is 0.410. The Morgan fingerprint density at radius 1 is 1.24 bits per heavy atom. The second-order valence-corrected chi connectivity index (χ2v) is 8.76. The van der Waals surface area contributed by atoms with Crippen LogP contribution in [-0.2, 0) is 11.8 Å². The molecule has 0 unspecified atom stereocenters. The SMILES string of the molecule is C=CCN1C(=O)/C(=C/c2c(C)c(C#N)c(=O)n(C)c2N2CCN(C)CC2)SC1=S. The average molecular weight is 430 g/mol. The van der Waals surface area contributed by atoms with Gasteiger partial charge in [-0.1, -0.05) is 30.1 Å². The van der Waals surface area contributed by atoms with E-state index in [4.69, 9.17) is 12.2 Å².